The molecule has 0 aliphatic heterocycles. The molecule has 8 heteroatoms. The zero-order valence-corrected chi connectivity index (χ0v) is 13.4. The second-order valence-electron chi connectivity index (χ2n) is 4.33. The van der Waals surface area contributed by atoms with Crippen LogP contribution in [0.15, 0.2) is 63.8 Å². The summed E-state index contributed by atoms with van der Waals surface area (Å²) in [6.45, 7) is 0. The Kier molecular flexibility index (Phi) is 3.92. The van der Waals surface area contributed by atoms with Gasteiger partial charge in [0.1, 0.15) is 0 Å². The predicted octanol–water partition coefficient (Wildman–Crippen LogP) is 4.41. The highest BCUT2D eigenvalue weighted by Crippen LogP contribution is 2.45. The first-order valence-electron chi connectivity index (χ1n) is 6.12. The molecule has 0 fully saturated rings. The van der Waals surface area contributed by atoms with E-state index < -0.39 is 19.3 Å². The molecule has 0 atom stereocenters. The molecule has 0 aliphatic carbocycles. The van der Waals surface area contributed by atoms with Gasteiger partial charge in [0, 0.05) is 0 Å². The summed E-state index contributed by atoms with van der Waals surface area (Å²) in [7, 11) is -4.78. The second-order valence-corrected chi connectivity index (χ2v) is 8.97. The van der Waals surface area contributed by atoms with Crippen LogP contribution in [0.2, 0.25) is 0 Å². The van der Waals surface area contributed by atoms with Crippen molar-refractivity contribution in [2.45, 2.75) is 13.8 Å². The fraction of sp³-hybridized carbons (Fsp3) is 0.0714. The van der Waals surface area contributed by atoms with E-state index in [1.165, 1.54) is 12.1 Å². The Bertz CT molecular complexity index is 875. The van der Waals surface area contributed by atoms with Crippen molar-refractivity contribution >= 4 is 43.2 Å². The van der Waals surface area contributed by atoms with E-state index in [9.17, 15) is 17.2 Å². The Hall–Kier alpha value is -1.51. The van der Waals surface area contributed by atoms with Crippen LogP contribution in [0, 0.1) is 0 Å². The molecule has 3 nitrogen and oxygen atoms in total. The number of sulfone groups is 1. The lowest BCUT2D eigenvalue weighted by Gasteiger charge is -2.14. The molecule has 0 N–H and O–H groups in total. The molecule has 0 saturated carbocycles. The van der Waals surface area contributed by atoms with Gasteiger partial charge >= 0.3 is 4.59 Å². The van der Waals surface area contributed by atoms with Crippen molar-refractivity contribution in [3.8, 4) is 0 Å². The number of thioether (sulfide) groups is 1. The highest BCUT2D eigenvalue weighted by atomic mass is 32.3. The van der Waals surface area contributed by atoms with Gasteiger partial charge in [-0.1, -0.05) is 30.3 Å². The summed E-state index contributed by atoms with van der Waals surface area (Å²) >= 11 is 1.00. The summed E-state index contributed by atoms with van der Waals surface area (Å²) in [5.74, 6) is 0. The average Bonchev–Trinajstić information content (AvgIpc) is 2.89. The van der Waals surface area contributed by atoms with E-state index in [1.807, 2.05) is 0 Å². The standard InChI is InChI=1S/C14H9F2NO2S3/c15-14(16,22(18,19)10-6-2-1-3-7-10)21-13-17-11-8-4-5-9-12(11)20-13/h1-9H. The van der Waals surface area contributed by atoms with Crippen LogP contribution in [0.4, 0.5) is 8.78 Å². The Morgan fingerprint density at radius 1 is 1.00 bits per heavy atom. The number of benzene rings is 2. The molecule has 22 heavy (non-hydrogen) atoms. The number of halogens is 2. The summed E-state index contributed by atoms with van der Waals surface area (Å²) in [5, 5.41) is 0. The average molecular weight is 357 g/mol. The van der Waals surface area contributed by atoms with Gasteiger partial charge < -0.3 is 0 Å². The Morgan fingerprint density at radius 2 is 1.64 bits per heavy atom. The van der Waals surface area contributed by atoms with Crippen molar-refractivity contribution in [2.75, 3.05) is 0 Å². The fourth-order valence-electron chi connectivity index (χ4n) is 1.79. The van der Waals surface area contributed by atoms with Crippen LogP contribution in [0.1, 0.15) is 0 Å². The number of thiazole rings is 1. The van der Waals surface area contributed by atoms with Crippen molar-refractivity contribution in [1.82, 2.24) is 4.98 Å². The number of rotatable bonds is 4. The van der Waals surface area contributed by atoms with E-state index in [-0.39, 0.29) is 16.1 Å². The minimum atomic E-state index is -4.78. The van der Waals surface area contributed by atoms with Crippen LogP contribution in [-0.2, 0) is 9.84 Å². The smallest absolute Gasteiger partial charge is 0.229 e. The first-order chi connectivity index (χ1) is 10.4. The SMILES string of the molecule is O=S(=O)(c1ccccc1)C(F)(F)Sc1nc2ccccc2s1. The third kappa shape index (κ3) is 2.73. The number of hydrogen-bond acceptors (Lipinski definition) is 5. The van der Waals surface area contributed by atoms with Crippen LogP contribution < -0.4 is 0 Å². The van der Waals surface area contributed by atoms with E-state index in [1.54, 1.807) is 30.3 Å². The third-order valence-electron chi connectivity index (χ3n) is 2.85. The molecule has 1 heterocycles. The van der Waals surface area contributed by atoms with Gasteiger partial charge in [-0.25, -0.2) is 13.4 Å². The number of fused-ring (bicyclic) bond motifs is 1. The topological polar surface area (TPSA) is 47.0 Å². The highest BCUT2D eigenvalue weighted by molar-refractivity contribution is 8.15. The molecule has 0 aliphatic rings. The van der Waals surface area contributed by atoms with Crippen LogP contribution in [0.5, 0.6) is 0 Å². The van der Waals surface area contributed by atoms with Gasteiger partial charge in [-0.2, -0.15) is 8.78 Å². The summed E-state index contributed by atoms with van der Waals surface area (Å²) in [6.07, 6.45) is 0. The maximum atomic E-state index is 14.2. The molecule has 0 radical (unpaired) electrons. The van der Waals surface area contributed by atoms with E-state index in [4.69, 9.17) is 0 Å². The monoisotopic (exact) mass is 357 g/mol. The Morgan fingerprint density at radius 3 is 2.32 bits per heavy atom. The van der Waals surface area contributed by atoms with Crippen LogP contribution in [-0.4, -0.2) is 18.0 Å². The zero-order valence-electron chi connectivity index (χ0n) is 10.9. The maximum absolute atomic E-state index is 14.2. The highest BCUT2D eigenvalue weighted by Gasteiger charge is 2.48. The van der Waals surface area contributed by atoms with Crippen molar-refractivity contribution in [2.24, 2.45) is 0 Å². The summed E-state index contributed by atoms with van der Waals surface area (Å²) in [4.78, 5) is 3.63. The van der Waals surface area contributed by atoms with Gasteiger partial charge in [-0.15, -0.1) is 11.3 Å². The van der Waals surface area contributed by atoms with Gasteiger partial charge in [0.25, 0.3) is 9.84 Å². The van der Waals surface area contributed by atoms with E-state index in [2.05, 4.69) is 4.98 Å². The number of hydrogen-bond donors (Lipinski definition) is 0. The molecule has 114 valence electrons. The molecule has 0 amide bonds. The predicted molar refractivity (Wildman–Crippen MR) is 84.1 cm³/mol. The molecule has 3 rings (SSSR count). The van der Waals surface area contributed by atoms with E-state index in [0.29, 0.717) is 5.52 Å². The molecule has 0 bridgehead atoms. The first-order valence-corrected chi connectivity index (χ1v) is 9.24. The summed E-state index contributed by atoms with van der Waals surface area (Å²) < 4.78 is 49.4. The zero-order chi connectivity index (χ0) is 15.8. The Balaban J connectivity index is 1.96. The lowest BCUT2D eigenvalue weighted by molar-refractivity contribution is 0.195. The molecule has 2 aromatic carbocycles. The van der Waals surface area contributed by atoms with Crippen molar-refractivity contribution < 1.29 is 17.2 Å². The molecule has 3 aromatic rings. The van der Waals surface area contributed by atoms with E-state index in [0.717, 1.165) is 28.2 Å². The Labute approximate surface area is 133 Å². The van der Waals surface area contributed by atoms with Crippen LogP contribution in [0.25, 0.3) is 10.2 Å². The largest absolute Gasteiger partial charge is 0.403 e. The van der Waals surface area contributed by atoms with Crippen molar-refractivity contribution in [3.63, 3.8) is 0 Å². The summed E-state index contributed by atoms with van der Waals surface area (Å²) in [6, 6.07) is 13.7. The molecular weight excluding hydrogens is 348 g/mol. The minimum Gasteiger partial charge on any atom is -0.229 e. The lowest BCUT2D eigenvalue weighted by atomic mass is 10.3. The second kappa shape index (κ2) is 5.60. The number of alkyl halides is 2. The van der Waals surface area contributed by atoms with Crippen molar-refractivity contribution in [1.29, 1.82) is 0 Å². The first kappa shape index (κ1) is 15.4. The van der Waals surface area contributed by atoms with E-state index >= 15 is 0 Å². The van der Waals surface area contributed by atoms with Gasteiger partial charge in [-0.3, -0.25) is 0 Å². The maximum Gasteiger partial charge on any atom is 0.403 e. The van der Waals surface area contributed by atoms with Crippen molar-refractivity contribution in [3.05, 3.63) is 54.6 Å². The number of para-hydroxylation sites is 1. The third-order valence-corrected chi connectivity index (χ3v) is 7.11. The van der Waals surface area contributed by atoms with Crippen LogP contribution >= 0.6 is 23.1 Å². The number of nitrogens with zero attached hydrogens (tertiary/aromatic N) is 1. The molecule has 0 spiro atoms. The summed E-state index contributed by atoms with van der Waals surface area (Å²) in [5.41, 5.74) is 0.572. The fourth-order valence-corrected chi connectivity index (χ4v) is 5.49. The van der Waals surface area contributed by atoms with Crippen LogP contribution in [0.3, 0.4) is 0 Å². The molecule has 0 saturated heterocycles. The van der Waals surface area contributed by atoms with Gasteiger partial charge in [-0.05, 0) is 36.0 Å². The van der Waals surface area contributed by atoms with Gasteiger partial charge in [0.15, 0.2) is 4.34 Å². The normalized spacial score (nSPS) is 12.6. The minimum absolute atomic E-state index is 0.0192. The lowest BCUT2D eigenvalue weighted by Crippen LogP contribution is -2.24. The molecular formula is C14H9F2NO2S3. The number of aromatic nitrogens is 1. The quantitative estimate of drug-likeness (QED) is 0.649. The molecule has 0 unspecified atom stereocenters. The molecule has 1 aromatic heterocycles. The van der Waals surface area contributed by atoms with Gasteiger partial charge in [0.2, 0.25) is 0 Å². The van der Waals surface area contributed by atoms with Gasteiger partial charge in [0.05, 0.1) is 15.1 Å².